The fourth-order valence-corrected chi connectivity index (χ4v) is 2.55. The minimum absolute atomic E-state index is 0.234. The highest BCUT2D eigenvalue weighted by Crippen LogP contribution is 2.25. The topological polar surface area (TPSA) is 93.4 Å². The summed E-state index contributed by atoms with van der Waals surface area (Å²) in [6, 6.07) is 0. The molecule has 0 radical (unpaired) electrons. The molecule has 0 aliphatic heterocycles. The average molecular weight is 264 g/mol. The molecule has 86 valence electrons. The number of H-pyrrole nitrogens is 1. The van der Waals surface area contributed by atoms with E-state index in [4.69, 9.17) is 5.73 Å². The van der Waals surface area contributed by atoms with Crippen LogP contribution in [0.15, 0.2) is 15.9 Å². The molecule has 0 unspecified atom stereocenters. The molecule has 0 saturated carbocycles. The normalized spacial score (nSPS) is 11.1. The van der Waals surface area contributed by atoms with Crippen LogP contribution in [-0.4, -0.2) is 31.2 Å². The Kier molecular flexibility index (Phi) is 2.45. The zero-order valence-electron chi connectivity index (χ0n) is 8.84. The van der Waals surface area contributed by atoms with Crippen molar-refractivity contribution in [1.82, 2.24) is 24.9 Å². The van der Waals surface area contributed by atoms with Gasteiger partial charge in [-0.3, -0.25) is 0 Å². The van der Waals surface area contributed by atoms with Crippen LogP contribution in [-0.2, 0) is 0 Å². The van der Waals surface area contributed by atoms with E-state index in [-0.39, 0.29) is 5.95 Å². The number of thioether (sulfide) groups is 1. The number of nitrogens with zero attached hydrogens (tertiary/aromatic N) is 4. The fraction of sp³-hybridized carbons (Fsp3) is 0.111. The maximum atomic E-state index is 5.63. The SMILES string of the molecule is CSc1nc(N)nc2nc(-c3cscn3)[nH]c12. The largest absolute Gasteiger partial charge is 0.368 e. The average Bonchev–Trinajstić information content (AvgIpc) is 2.95. The van der Waals surface area contributed by atoms with Crippen molar-refractivity contribution >= 4 is 40.2 Å². The van der Waals surface area contributed by atoms with E-state index in [1.807, 2.05) is 11.6 Å². The summed E-state index contributed by atoms with van der Waals surface area (Å²) < 4.78 is 0. The molecule has 3 N–H and O–H groups in total. The van der Waals surface area contributed by atoms with Gasteiger partial charge in [-0.1, -0.05) is 0 Å². The Labute approximate surface area is 105 Å². The monoisotopic (exact) mass is 264 g/mol. The number of fused-ring (bicyclic) bond motifs is 1. The first kappa shape index (κ1) is 10.5. The second-order valence-corrected chi connectivity index (χ2v) is 4.76. The number of imidazole rings is 1. The van der Waals surface area contributed by atoms with Gasteiger partial charge in [0.15, 0.2) is 11.5 Å². The van der Waals surface area contributed by atoms with E-state index in [0.717, 1.165) is 16.2 Å². The van der Waals surface area contributed by atoms with Gasteiger partial charge in [-0.2, -0.15) is 4.98 Å². The number of thiazole rings is 1. The van der Waals surface area contributed by atoms with Crippen molar-refractivity contribution in [2.24, 2.45) is 0 Å². The van der Waals surface area contributed by atoms with Gasteiger partial charge in [0, 0.05) is 5.38 Å². The zero-order chi connectivity index (χ0) is 11.8. The molecular formula is C9H8N6S2. The molecular weight excluding hydrogens is 256 g/mol. The molecule has 0 fully saturated rings. The lowest BCUT2D eigenvalue weighted by Crippen LogP contribution is -1.96. The van der Waals surface area contributed by atoms with Crippen LogP contribution in [0.1, 0.15) is 0 Å². The highest BCUT2D eigenvalue weighted by molar-refractivity contribution is 7.98. The van der Waals surface area contributed by atoms with Crippen molar-refractivity contribution in [1.29, 1.82) is 0 Å². The van der Waals surface area contributed by atoms with Crippen molar-refractivity contribution in [3.8, 4) is 11.5 Å². The Morgan fingerprint density at radius 2 is 2.24 bits per heavy atom. The zero-order valence-corrected chi connectivity index (χ0v) is 10.5. The minimum atomic E-state index is 0.234. The quantitative estimate of drug-likeness (QED) is 0.541. The number of aromatic nitrogens is 5. The Balaban J connectivity index is 2.25. The Morgan fingerprint density at radius 1 is 1.35 bits per heavy atom. The third-order valence-corrected chi connectivity index (χ3v) is 3.47. The van der Waals surface area contributed by atoms with E-state index in [1.54, 1.807) is 5.51 Å². The smallest absolute Gasteiger partial charge is 0.223 e. The predicted molar refractivity (Wildman–Crippen MR) is 69.0 cm³/mol. The van der Waals surface area contributed by atoms with Crippen molar-refractivity contribution in [2.75, 3.05) is 12.0 Å². The number of hydrogen-bond acceptors (Lipinski definition) is 7. The molecule has 3 aromatic rings. The van der Waals surface area contributed by atoms with Crippen LogP contribution in [0.3, 0.4) is 0 Å². The van der Waals surface area contributed by atoms with E-state index >= 15 is 0 Å². The summed E-state index contributed by atoms with van der Waals surface area (Å²) in [7, 11) is 0. The van der Waals surface area contributed by atoms with Gasteiger partial charge < -0.3 is 10.7 Å². The fourth-order valence-electron chi connectivity index (χ4n) is 1.49. The van der Waals surface area contributed by atoms with Crippen LogP contribution in [0, 0.1) is 0 Å². The highest BCUT2D eigenvalue weighted by atomic mass is 32.2. The highest BCUT2D eigenvalue weighted by Gasteiger charge is 2.12. The lowest BCUT2D eigenvalue weighted by atomic mass is 10.5. The first-order chi connectivity index (χ1) is 8.28. The number of hydrogen-bond donors (Lipinski definition) is 2. The summed E-state index contributed by atoms with van der Waals surface area (Å²) in [5.74, 6) is 0.926. The number of aromatic amines is 1. The third-order valence-electron chi connectivity index (χ3n) is 2.20. The maximum Gasteiger partial charge on any atom is 0.223 e. The lowest BCUT2D eigenvalue weighted by molar-refractivity contribution is 1.11. The van der Waals surface area contributed by atoms with Crippen molar-refractivity contribution in [3.05, 3.63) is 10.9 Å². The summed E-state index contributed by atoms with van der Waals surface area (Å²) in [6.07, 6.45) is 1.94. The van der Waals surface area contributed by atoms with Gasteiger partial charge >= 0.3 is 0 Å². The molecule has 0 aromatic carbocycles. The third kappa shape index (κ3) is 1.75. The molecule has 0 aliphatic rings. The van der Waals surface area contributed by atoms with E-state index in [2.05, 4.69) is 24.9 Å². The maximum absolute atomic E-state index is 5.63. The van der Waals surface area contributed by atoms with Crippen LogP contribution >= 0.6 is 23.1 Å². The van der Waals surface area contributed by atoms with Gasteiger partial charge in [0.05, 0.1) is 5.51 Å². The van der Waals surface area contributed by atoms with E-state index in [9.17, 15) is 0 Å². The minimum Gasteiger partial charge on any atom is -0.368 e. The molecule has 0 spiro atoms. The van der Waals surface area contributed by atoms with Crippen LogP contribution in [0.4, 0.5) is 5.95 Å². The Morgan fingerprint density at radius 3 is 2.94 bits per heavy atom. The summed E-state index contributed by atoms with van der Waals surface area (Å²) in [5.41, 5.74) is 9.57. The van der Waals surface area contributed by atoms with E-state index in [1.165, 1.54) is 23.1 Å². The van der Waals surface area contributed by atoms with Gasteiger partial charge in [0.2, 0.25) is 5.95 Å². The molecule has 8 heteroatoms. The van der Waals surface area contributed by atoms with Crippen molar-refractivity contribution in [2.45, 2.75) is 5.03 Å². The van der Waals surface area contributed by atoms with Gasteiger partial charge in [-0.25, -0.2) is 15.0 Å². The number of rotatable bonds is 2. The van der Waals surface area contributed by atoms with Crippen LogP contribution in [0.2, 0.25) is 0 Å². The lowest BCUT2D eigenvalue weighted by Gasteiger charge is -1.97. The molecule has 0 bridgehead atoms. The molecule has 0 atom stereocenters. The first-order valence-electron chi connectivity index (χ1n) is 4.73. The van der Waals surface area contributed by atoms with Gasteiger partial charge in [-0.05, 0) is 6.26 Å². The van der Waals surface area contributed by atoms with E-state index < -0.39 is 0 Å². The molecule has 3 rings (SSSR count). The molecule has 3 aromatic heterocycles. The van der Waals surface area contributed by atoms with Crippen LogP contribution in [0.5, 0.6) is 0 Å². The van der Waals surface area contributed by atoms with Gasteiger partial charge in [0.25, 0.3) is 0 Å². The Bertz CT molecular complexity index is 659. The molecule has 3 heterocycles. The van der Waals surface area contributed by atoms with Gasteiger partial charge in [0.1, 0.15) is 16.2 Å². The molecule has 0 aliphatic carbocycles. The standard InChI is InChI=1S/C9H8N6S2/c1-16-8-5-7(14-9(10)15-8)13-6(12-5)4-2-17-3-11-4/h2-3H,1H3,(H3,10,12,13,14,15). The predicted octanol–water partition coefficient (Wildman–Crippen LogP) is 1.78. The van der Waals surface area contributed by atoms with E-state index in [0.29, 0.717) is 11.5 Å². The van der Waals surface area contributed by atoms with Gasteiger partial charge in [-0.15, -0.1) is 23.1 Å². The van der Waals surface area contributed by atoms with Crippen LogP contribution < -0.4 is 5.73 Å². The molecule has 6 nitrogen and oxygen atoms in total. The van der Waals surface area contributed by atoms with Crippen LogP contribution in [0.25, 0.3) is 22.7 Å². The number of anilines is 1. The molecule has 0 amide bonds. The summed E-state index contributed by atoms with van der Waals surface area (Å²) in [5, 5.41) is 2.72. The first-order valence-corrected chi connectivity index (χ1v) is 6.90. The number of nitrogens with one attached hydrogen (secondary N) is 1. The summed E-state index contributed by atoms with van der Waals surface area (Å²) in [6.45, 7) is 0. The second kappa shape index (κ2) is 3.97. The molecule has 0 saturated heterocycles. The second-order valence-electron chi connectivity index (χ2n) is 3.25. The summed E-state index contributed by atoms with van der Waals surface area (Å²) in [4.78, 5) is 20.0. The van der Waals surface area contributed by atoms with Crippen molar-refractivity contribution < 1.29 is 0 Å². The number of nitrogen functional groups attached to an aromatic ring is 1. The number of nitrogens with two attached hydrogens (primary N) is 1. The molecule has 17 heavy (non-hydrogen) atoms. The Hall–Kier alpha value is -1.67. The van der Waals surface area contributed by atoms with Crippen molar-refractivity contribution in [3.63, 3.8) is 0 Å². The summed E-state index contributed by atoms with van der Waals surface area (Å²) >= 11 is 3.02.